The molecular formula is C23H19F3N4O4S. The smallest absolute Gasteiger partial charge is 0.351 e. The second-order valence-corrected chi connectivity index (χ2v) is 9.40. The number of alkyl halides is 3. The van der Waals surface area contributed by atoms with Crippen LogP contribution in [0.15, 0.2) is 71.6 Å². The van der Waals surface area contributed by atoms with Gasteiger partial charge in [-0.3, -0.25) is 14.4 Å². The number of urea groups is 1. The fraction of sp³-hybridized carbons (Fsp3) is 0.130. The van der Waals surface area contributed by atoms with Crippen molar-refractivity contribution in [3.05, 3.63) is 83.4 Å². The highest BCUT2D eigenvalue weighted by molar-refractivity contribution is 7.92. The molecule has 3 aromatic carbocycles. The number of hydrogen-bond donors (Lipinski definition) is 3. The van der Waals surface area contributed by atoms with Crippen molar-refractivity contribution < 1.29 is 31.2 Å². The molecule has 1 aliphatic rings. The largest absolute Gasteiger partial charge is 0.416 e. The van der Waals surface area contributed by atoms with Crippen LogP contribution in [0.2, 0.25) is 0 Å². The number of nitrogens with one attached hydrogen (secondary N) is 2. The fourth-order valence-electron chi connectivity index (χ4n) is 3.70. The SMILES string of the molecule is NC(=O)N1CCc2ccc(NC(=O)c3ccccc3NS(=O)(=O)c3cccc(C(F)(F)F)c3)cc21. The molecule has 0 aliphatic carbocycles. The molecule has 0 saturated heterocycles. The Kier molecular flexibility index (Phi) is 6.15. The Morgan fingerprint density at radius 2 is 1.71 bits per heavy atom. The molecule has 0 atom stereocenters. The topological polar surface area (TPSA) is 122 Å². The molecule has 0 unspecified atom stereocenters. The summed E-state index contributed by atoms with van der Waals surface area (Å²) in [5.74, 6) is -0.670. The number of para-hydroxylation sites is 1. The minimum atomic E-state index is -4.72. The van der Waals surface area contributed by atoms with E-state index in [1.807, 2.05) is 0 Å². The summed E-state index contributed by atoms with van der Waals surface area (Å²) >= 11 is 0. The molecule has 4 rings (SSSR count). The number of anilines is 3. The van der Waals surface area contributed by atoms with E-state index < -0.39 is 38.6 Å². The van der Waals surface area contributed by atoms with Crippen LogP contribution in [0.1, 0.15) is 21.5 Å². The van der Waals surface area contributed by atoms with Crippen LogP contribution in [0.25, 0.3) is 0 Å². The molecule has 4 N–H and O–H groups in total. The number of primary amides is 1. The lowest BCUT2D eigenvalue weighted by Gasteiger charge is -2.16. The zero-order valence-corrected chi connectivity index (χ0v) is 18.8. The van der Waals surface area contributed by atoms with Crippen LogP contribution in [0.4, 0.5) is 35.0 Å². The maximum absolute atomic E-state index is 13.0. The zero-order chi connectivity index (χ0) is 25.4. The first kappa shape index (κ1) is 24.1. The van der Waals surface area contributed by atoms with Crippen molar-refractivity contribution >= 4 is 39.0 Å². The molecule has 1 aliphatic heterocycles. The van der Waals surface area contributed by atoms with Crippen molar-refractivity contribution in [2.75, 3.05) is 21.5 Å². The summed E-state index contributed by atoms with van der Waals surface area (Å²) in [4.78, 5) is 25.4. The maximum atomic E-state index is 13.0. The van der Waals surface area contributed by atoms with Crippen LogP contribution < -0.4 is 20.7 Å². The molecule has 0 saturated carbocycles. The monoisotopic (exact) mass is 504 g/mol. The number of carbonyl (C=O) groups is 2. The van der Waals surface area contributed by atoms with E-state index >= 15 is 0 Å². The van der Waals surface area contributed by atoms with E-state index in [9.17, 15) is 31.2 Å². The first-order valence-electron chi connectivity index (χ1n) is 10.3. The van der Waals surface area contributed by atoms with E-state index in [1.54, 1.807) is 18.2 Å². The van der Waals surface area contributed by atoms with E-state index in [0.717, 1.165) is 23.8 Å². The van der Waals surface area contributed by atoms with Gasteiger partial charge in [0.1, 0.15) is 0 Å². The number of rotatable bonds is 5. The molecule has 3 amide bonds. The molecule has 0 spiro atoms. The molecule has 35 heavy (non-hydrogen) atoms. The van der Waals surface area contributed by atoms with Gasteiger partial charge in [0.05, 0.1) is 27.4 Å². The van der Waals surface area contributed by atoms with Gasteiger partial charge in [0, 0.05) is 12.2 Å². The number of amides is 3. The van der Waals surface area contributed by atoms with Crippen molar-refractivity contribution in [2.24, 2.45) is 5.73 Å². The molecule has 1 heterocycles. The third-order valence-corrected chi connectivity index (χ3v) is 6.76. The fourth-order valence-corrected chi connectivity index (χ4v) is 4.82. The van der Waals surface area contributed by atoms with Crippen molar-refractivity contribution in [1.29, 1.82) is 0 Å². The summed E-state index contributed by atoms with van der Waals surface area (Å²) in [6.45, 7) is 0.419. The maximum Gasteiger partial charge on any atom is 0.416 e. The Bertz CT molecular complexity index is 1420. The van der Waals surface area contributed by atoms with E-state index in [4.69, 9.17) is 5.73 Å². The van der Waals surface area contributed by atoms with E-state index in [-0.39, 0.29) is 11.3 Å². The molecule has 8 nitrogen and oxygen atoms in total. The number of hydrogen-bond acceptors (Lipinski definition) is 4. The summed E-state index contributed by atoms with van der Waals surface area (Å²) in [6, 6.07) is 13.3. The lowest BCUT2D eigenvalue weighted by molar-refractivity contribution is -0.137. The van der Waals surface area contributed by atoms with Crippen LogP contribution in [0, 0.1) is 0 Å². The first-order chi connectivity index (χ1) is 16.5. The van der Waals surface area contributed by atoms with E-state index in [1.165, 1.54) is 29.2 Å². The third kappa shape index (κ3) is 5.06. The van der Waals surface area contributed by atoms with Crippen molar-refractivity contribution in [3.8, 4) is 0 Å². The highest BCUT2D eigenvalue weighted by atomic mass is 32.2. The predicted octanol–water partition coefficient (Wildman–Crippen LogP) is 4.20. The minimum absolute atomic E-state index is 0.0599. The van der Waals surface area contributed by atoms with Crippen molar-refractivity contribution in [3.63, 3.8) is 0 Å². The Morgan fingerprint density at radius 3 is 2.43 bits per heavy atom. The number of nitrogens with zero attached hydrogens (tertiary/aromatic N) is 1. The number of benzene rings is 3. The van der Waals surface area contributed by atoms with Gasteiger partial charge in [-0.25, -0.2) is 13.2 Å². The molecular weight excluding hydrogens is 485 g/mol. The molecule has 3 aromatic rings. The molecule has 12 heteroatoms. The number of fused-ring (bicyclic) bond motifs is 1. The lowest BCUT2D eigenvalue weighted by atomic mass is 10.1. The number of carbonyl (C=O) groups excluding carboxylic acids is 2. The van der Waals surface area contributed by atoms with E-state index in [0.29, 0.717) is 30.4 Å². The summed E-state index contributed by atoms with van der Waals surface area (Å²) in [5.41, 5.74) is 5.88. The molecule has 0 aromatic heterocycles. The summed E-state index contributed by atoms with van der Waals surface area (Å²) < 4.78 is 66.8. The average Bonchev–Trinajstić information content (AvgIpc) is 3.22. The van der Waals surface area contributed by atoms with Gasteiger partial charge in [-0.1, -0.05) is 24.3 Å². The number of nitrogens with two attached hydrogens (primary N) is 1. The highest BCUT2D eigenvalue weighted by Crippen LogP contribution is 2.32. The summed E-state index contributed by atoms with van der Waals surface area (Å²) in [6.07, 6.45) is -4.10. The average molecular weight is 504 g/mol. The summed E-state index contributed by atoms with van der Waals surface area (Å²) in [5, 5.41) is 2.64. The third-order valence-electron chi connectivity index (χ3n) is 5.39. The van der Waals surface area contributed by atoms with Gasteiger partial charge in [-0.05, 0) is 54.4 Å². The van der Waals surface area contributed by atoms with Gasteiger partial charge in [-0.15, -0.1) is 0 Å². The van der Waals surface area contributed by atoms with Gasteiger partial charge >= 0.3 is 12.2 Å². The number of sulfonamides is 1. The highest BCUT2D eigenvalue weighted by Gasteiger charge is 2.32. The predicted molar refractivity (Wildman–Crippen MR) is 124 cm³/mol. The zero-order valence-electron chi connectivity index (χ0n) is 18.0. The summed E-state index contributed by atoms with van der Waals surface area (Å²) in [7, 11) is -4.44. The van der Waals surface area contributed by atoms with Crippen LogP contribution in [0.5, 0.6) is 0 Å². The second-order valence-electron chi connectivity index (χ2n) is 7.71. The van der Waals surface area contributed by atoms with Crippen LogP contribution in [-0.4, -0.2) is 26.9 Å². The lowest BCUT2D eigenvalue weighted by Crippen LogP contribution is -2.34. The Labute approximate surface area is 198 Å². The standard InChI is InChI=1S/C23H19F3N4O4S/c24-23(25,26)15-4-3-5-17(12-15)35(33,34)29-19-7-2-1-6-18(19)21(31)28-16-9-8-14-10-11-30(22(27)32)20(14)13-16/h1-9,12-13,29H,10-11H2,(H2,27,32)(H,28,31). The van der Waals surface area contributed by atoms with Gasteiger partial charge in [0.2, 0.25) is 0 Å². The van der Waals surface area contributed by atoms with Crippen molar-refractivity contribution in [1.82, 2.24) is 0 Å². The number of halogens is 3. The van der Waals surface area contributed by atoms with Gasteiger partial charge < -0.3 is 11.1 Å². The van der Waals surface area contributed by atoms with E-state index in [2.05, 4.69) is 10.0 Å². The quantitative estimate of drug-likeness (QED) is 0.482. The second kappa shape index (κ2) is 8.95. The normalized spacial score (nSPS) is 13.3. The Hall–Kier alpha value is -4.06. The molecule has 182 valence electrons. The molecule has 0 bridgehead atoms. The van der Waals surface area contributed by atoms with Crippen LogP contribution in [0.3, 0.4) is 0 Å². The van der Waals surface area contributed by atoms with Crippen molar-refractivity contribution in [2.45, 2.75) is 17.5 Å². The Morgan fingerprint density at radius 1 is 0.971 bits per heavy atom. The molecule has 0 fully saturated rings. The van der Waals surface area contributed by atoms with Gasteiger partial charge in [0.25, 0.3) is 15.9 Å². The first-order valence-corrected chi connectivity index (χ1v) is 11.7. The molecule has 0 radical (unpaired) electrons. The van der Waals surface area contributed by atoms with Gasteiger partial charge in [0.15, 0.2) is 0 Å². The van der Waals surface area contributed by atoms with Crippen LogP contribution in [-0.2, 0) is 22.6 Å². The van der Waals surface area contributed by atoms with Gasteiger partial charge in [-0.2, -0.15) is 13.2 Å². The Balaban J connectivity index is 1.59. The van der Waals surface area contributed by atoms with Crippen LogP contribution >= 0.6 is 0 Å². The minimum Gasteiger partial charge on any atom is -0.351 e.